The van der Waals surface area contributed by atoms with Crippen molar-refractivity contribution in [2.24, 2.45) is 0 Å². The molecule has 0 amide bonds. The molecule has 0 bridgehead atoms. The third-order valence-electron chi connectivity index (χ3n) is 4.04. The van der Waals surface area contributed by atoms with Crippen molar-refractivity contribution < 1.29 is 37.4 Å². The number of hydrogen-bond donors (Lipinski definition) is 2. The number of halogens is 3. The highest BCUT2D eigenvalue weighted by molar-refractivity contribution is 8.14. The SMILES string of the molecule is CCOC(=O)CCCCn1cc(/C=C2\CC(SC(C)=O)CCN2)nn1.O=C(O)C(F)(F)F. The first kappa shape index (κ1) is 27.5. The molecule has 1 aliphatic heterocycles. The first-order valence-electron chi connectivity index (χ1n) is 9.98. The van der Waals surface area contributed by atoms with Gasteiger partial charge in [0.1, 0.15) is 5.69 Å². The quantitative estimate of drug-likeness (QED) is 0.427. The number of carbonyl (C=O) groups is 3. The lowest BCUT2D eigenvalue weighted by Gasteiger charge is -2.24. The molecule has 0 saturated carbocycles. The van der Waals surface area contributed by atoms with E-state index in [1.165, 1.54) is 11.8 Å². The van der Waals surface area contributed by atoms with Gasteiger partial charge in [0.25, 0.3) is 0 Å². The second-order valence-corrected chi connectivity index (χ2v) is 8.27. The lowest BCUT2D eigenvalue weighted by Crippen LogP contribution is -2.28. The largest absolute Gasteiger partial charge is 0.490 e. The first-order chi connectivity index (χ1) is 15.0. The van der Waals surface area contributed by atoms with E-state index in [1.54, 1.807) is 11.6 Å². The number of nitrogens with one attached hydrogen (secondary N) is 1. The topological polar surface area (TPSA) is 123 Å². The van der Waals surface area contributed by atoms with E-state index in [1.807, 2.05) is 19.2 Å². The summed E-state index contributed by atoms with van der Waals surface area (Å²) in [6.07, 6.45) is 2.73. The van der Waals surface area contributed by atoms with Crippen LogP contribution in [0.4, 0.5) is 13.2 Å². The predicted octanol–water partition coefficient (Wildman–Crippen LogP) is 3.02. The molecule has 2 N–H and O–H groups in total. The van der Waals surface area contributed by atoms with Crippen molar-refractivity contribution in [2.45, 2.75) is 63.9 Å². The molecule has 13 heteroatoms. The van der Waals surface area contributed by atoms with Crippen LogP contribution in [0.3, 0.4) is 0 Å². The number of carboxylic acid groups (broad SMARTS) is 1. The minimum absolute atomic E-state index is 0.145. The number of rotatable bonds is 8. The summed E-state index contributed by atoms with van der Waals surface area (Å²) >= 11 is 1.42. The van der Waals surface area contributed by atoms with Gasteiger partial charge in [0.2, 0.25) is 0 Å². The van der Waals surface area contributed by atoms with Crippen LogP contribution in [0.1, 0.15) is 51.6 Å². The molecular formula is C19H27F3N4O5S. The van der Waals surface area contributed by atoms with Crippen molar-refractivity contribution in [1.82, 2.24) is 20.3 Å². The fourth-order valence-corrected chi connectivity index (χ4v) is 3.67. The highest BCUT2D eigenvalue weighted by atomic mass is 32.2. The third-order valence-corrected chi connectivity index (χ3v) is 5.11. The smallest absolute Gasteiger partial charge is 0.475 e. The number of nitrogens with zero attached hydrogens (tertiary/aromatic N) is 3. The van der Waals surface area contributed by atoms with Crippen LogP contribution < -0.4 is 5.32 Å². The number of carboxylic acids is 1. The van der Waals surface area contributed by atoms with Crippen LogP contribution in [0.2, 0.25) is 0 Å². The molecule has 9 nitrogen and oxygen atoms in total. The minimum atomic E-state index is -5.08. The maximum atomic E-state index is 11.3. The number of aliphatic carboxylic acids is 1. The first-order valence-corrected chi connectivity index (χ1v) is 10.9. The maximum Gasteiger partial charge on any atom is 0.490 e. The standard InChI is InChI=1S/C17H26N4O3S.C2HF3O2/c1-3-24-17(23)6-4-5-9-21-12-15(19-20-21)10-14-11-16(7-8-18-14)25-13(2)22;3-2(4,5)1(6)7/h10,12,16,18H,3-9,11H2,1-2H3;(H,6,7)/b14-10+;. The average Bonchev–Trinajstić information content (AvgIpc) is 3.12. The van der Waals surface area contributed by atoms with Gasteiger partial charge in [-0.05, 0) is 38.7 Å². The number of aromatic nitrogens is 3. The molecule has 0 aromatic carbocycles. The molecule has 1 aromatic heterocycles. The van der Waals surface area contributed by atoms with Gasteiger partial charge in [0, 0.05) is 37.4 Å². The van der Waals surface area contributed by atoms with Crippen LogP contribution >= 0.6 is 11.8 Å². The number of hydrogen-bond acceptors (Lipinski definition) is 8. The van der Waals surface area contributed by atoms with Gasteiger partial charge in [-0.3, -0.25) is 14.3 Å². The Kier molecular flexibility index (Phi) is 11.8. The Balaban J connectivity index is 0.000000633. The maximum absolute atomic E-state index is 11.3. The Morgan fingerprint density at radius 3 is 2.66 bits per heavy atom. The molecule has 2 rings (SSSR count). The normalized spacial score (nSPS) is 17.2. The van der Waals surface area contributed by atoms with Crippen molar-refractivity contribution in [3.05, 3.63) is 17.6 Å². The molecule has 2 heterocycles. The van der Waals surface area contributed by atoms with Gasteiger partial charge in [-0.2, -0.15) is 13.2 Å². The van der Waals surface area contributed by atoms with Crippen molar-refractivity contribution in [3.63, 3.8) is 0 Å². The third kappa shape index (κ3) is 11.7. The van der Waals surface area contributed by atoms with E-state index in [0.29, 0.717) is 18.3 Å². The van der Waals surface area contributed by atoms with E-state index in [9.17, 15) is 22.8 Å². The highest BCUT2D eigenvalue weighted by Crippen LogP contribution is 2.25. The van der Waals surface area contributed by atoms with Crippen molar-refractivity contribution in [1.29, 1.82) is 0 Å². The summed E-state index contributed by atoms with van der Waals surface area (Å²) < 4.78 is 38.4. The van der Waals surface area contributed by atoms with E-state index >= 15 is 0 Å². The molecule has 1 atom stereocenters. The number of ether oxygens (including phenoxy) is 1. The summed E-state index contributed by atoms with van der Waals surface area (Å²) in [5, 5.41) is 19.3. The van der Waals surface area contributed by atoms with Gasteiger partial charge in [-0.1, -0.05) is 17.0 Å². The zero-order chi connectivity index (χ0) is 24.1. The number of carbonyl (C=O) groups excluding carboxylic acids is 2. The molecular weight excluding hydrogens is 453 g/mol. The summed E-state index contributed by atoms with van der Waals surface area (Å²) in [4.78, 5) is 31.4. The van der Waals surface area contributed by atoms with Crippen LogP contribution in [0, 0.1) is 0 Å². The van der Waals surface area contributed by atoms with Crippen molar-refractivity contribution in [3.8, 4) is 0 Å². The van der Waals surface area contributed by atoms with Crippen molar-refractivity contribution >= 4 is 34.9 Å². The van der Waals surface area contributed by atoms with Crippen LogP contribution in [0.25, 0.3) is 6.08 Å². The zero-order valence-corrected chi connectivity index (χ0v) is 18.7. The van der Waals surface area contributed by atoms with E-state index < -0.39 is 12.1 Å². The Morgan fingerprint density at radius 2 is 2.06 bits per heavy atom. The van der Waals surface area contributed by atoms with Gasteiger partial charge in [-0.25, -0.2) is 4.79 Å². The molecule has 0 radical (unpaired) electrons. The number of aryl methyl sites for hydroxylation is 1. The van der Waals surface area contributed by atoms with E-state index in [0.717, 1.165) is 50.2 Å². The van der Waals surface area contributed by atoms with E-state index in [-0.39, 0.29) is 11.1 Å². The Hall–Kier alpha value is -2.57. The molecule has 32 heavy (non-hydrogen) atoms. The number of piperidine rings is 1. The predicted molar refractivity (Wildman–Crippen MR) is 111 cm³/mol. The number of alkyl halides is 3. The summed E-state index contributed by atoms with van der Waals surface area (Å²) in [6, 6.07) is 0. The molecule has 1 aromatic rings. The summed E-state index contributed by atoms with van der Waals surface area (Å²) in [5.41, 5.74) is 1.90. The molecule has 1 fully saturated rings. The molecule has 180 valence electrons. The molecule has 0 spiro atoms. The number of allylic oxidation sites excluding steroid dienone is 1. The fourth-order valence-electron chi connectivity index (χ4n) is 2.70. The fraction of sp³-hybridized carbons (Fsp3) is 0.632. The van der Waals surface area contributed by atoms with Crippen LogP contribution in [-0.4, -0.2) is 61.7 Å². The highest BCUT2D eigenvalue weighted by Gasteiger charge is 2.38. The van der Waals surface area contributed by atoms with Crippen LogP contribution in [-0.2, 0) is 25.7 Å². The van der Waals surface area contributed by atoms with Gasteiger partial charge in [0.15, 0.2) is 5.12 Å². The molecule has 1 saturated heterocycles. The lowest BCUT2D eigenvalue weighted by atomic mass is 10.1. The lowest BCUT2D eigenvalue weighted by molar-refractivity contribution is -0.192. The summed E-state index contributed by atoms with van der Waals surface area (Å²) in [7, 11) is 0. The van der Waals surface area contributed by atoms with Crippen LogP contribution in [0.5, 0.6) is 0 Å². The second-order valence-electron chi connectivity index (χ2n) is 6.79. The zero-order valence-electron chi connectivity index (χ0n) is 17.9. The Labute approximate surface area is 187 Å². The van der Waals surface area contributed by atoms with E-state index in [4.69, 9.17) is 14.6 Å². The van der Waals surface area contributed by atoms with Gasteiger partial charge < -0.3 is 15.2 Å². The summed E-state index contributed by atoms with van der Waals surface area (Å²) in [6.45, 7) is 5.46. The number of unbranched alkanes of at least 4 members (excludes halogenated alkanes) is 1. The molecule has 0 aliphatic carbocycles. The van der Waals surface area contributed by atoms with Gasteiger partial charge >= 0.3 is 18.1 Å². The average molecular weight is 481 g/mol. The molecule has 1 aliphatic rings. The number of esters is 1. The second kappa shape index (κ2) is 13.8. The van der Waals surface area contributed by atoms with E-state index in [2.05, 4.69) is 15.6 Å². The summed E-state index contributed by atoms with van der Waals surface area (Å²) in [5.74, 6) is -2.90. The number of thioether (sulfide) groups is 1. The van der Waals surface area contributed by atoms with Crippen molar-refractivity contribution in [2.75, 3.05) is 13.2 Å². The monoisotopic (exact) mass is 480 g/mol. The Morgan fingerprint density at radius 1 is 1.38 bits per heavy atom. The minimum Gasteiger partial charge on any atom is -0.475 e. The molecule has 1 unspecified atom stereocenters. The Bertz CT molecular complexity index is 798. The van der Waals surface area contributed by atoms with Gasteiger partial charge in [-0.15, -0.1) is 5.10 Å². The van der Waals surface area contributed by atoms with Crippen LogP contribution in [0.15, 0.2) is 11.9 Å². The van der Waals surface area contributed by atoms with Gasteiger partial charge in [0.05, 0.1) is 12.8 Å².